The lowest BCUT2D eigenvalue weighted by Crippen LogP contribution is -2.44. The Morgan fingerprint density at radius 3 is 2.70 bits per heavy atom. The molecular formula is C14H17N3O3. The Kier molecular flexibility index (Phi) is 3.22. The van der Waals surface area contributed by atoms with E-state index in [4.69, 9.17) is 4.74 Å². The lowest BCUT2D eigenvalue weighted by atomic mass is 10.1. The number of carbonyl (C=O) groups is 2. The van der Waals surface area contributed by atoms with Gasteiger partial charge in [-0.1, -0.05) is 12.1 Å². The Labute approximate surface area is 116 Å². The zero-order valence-electron chi connectivity index (χ0n) is 11.2. The molecule has 1 saturated heterocycles. The van der Waals surface area contributed by atoms with Crippen LogP contribution in [0.2, 0.25) is 0 Å². The van der Waals surface area contributed by atoms with Gasteiger partial charge in [0, 0.05) is 18.5 Å². The second kappa shape index (κ2) is 5.03. The molecule has 3 atom stereocenters. The largest absolute Gasteiger partial charge is 0.497 e. The van der Waals surface area contributed by atoms with Crippen molar-refractivity contribution in [2.24, 2.45) is 0 Å². The van der Waals surface area contributed by atoms with E-state index >= 15 is 0 Å². The van der Waals surface area contributed by atoms with Gasteiger partial charge in [0.25, 0.3) is 0 Å². The molecule has 0 radical (unpaired) electrons. The summed E-state index contributed by atoms with van der Waals surface area (Å²) in [5, 5.41) is 8.12. The van der Waals surface area contributed by atoms with Crippen LogP contribution in [0.1, 0.15) is 17.9 Å². The average Bonchev–Trinajstić information content (AvgIpc) is 3.09. The van der Waals surface area contributed by atoms with E-state index in [0.717, 1.165) is 12.2 Å². The maximum absolute atomic E-state index is 11.9. The van der Waals surface area contributed by atoms with E-state index in [1.807, 2.05) is 24.3 Å². The summed E-state index contributed by atoms with van der Waals surface area (Å²) in [6.45, 7) is 0.352. The van der Waals surface area contributed by atoms with Gasteiger partial charge in [0.1, 0.15) is 11.8 Å². The van der Waals surface area contributed by atoms with Crippen molar-refractivity contribution in [2.45, 2.75) is 24.4 Å². The molecule has 3 N–H and O–H groups in total. The first kappa shape index (κ1) is 12.8. The van der Waals surface area contributed by atoms with E-state index in [1.54, 1.807) is 7.11 Å². The van der Waals surface area contributed by atoms with Crippen molar-refractivity contribution in [2.75, 3.05) is 13.7 Å². The van der Waals surface area contributed by atoms with Crippen molar-refractivity contribution < 1.29 is 14.3 Å². The van der Waals surface area contributed by atoms with Gasteiger partial charge in [0.15, 0.2) is 0 Å². The minimum absolute atomic E-state index is 0.121. The summed E-state index contributed by atoms with van der Waals surface area (Å²) in [6.07, 6.45) is 0.937. The monoisotopic (exact) mass is 275 g/mol. The minimum Gasteiger partial charge on any atom is -0.497 e. The number of hydrogen-bond acceptors (Lipinski definition) is 3. The number of nitrogens with one attached hydrogen (secondary N) is 3. The number of carbonyl (C=O) groups excluding carboxylic acids is 2. The van der Waals surface area contributed by atoms with Crippen molar-refractivity contribution in [1.82, 2.24) is 16.0 Å². The second-order valence-corrected chi connectivity index (χ2v) is 5.14. The van der Waals surface area contributed by atoms with Crippen LogP contribution in [0.25, 0.3) is 0 Å². The predicted octanol–water partition coefficient (Wildman–Crippen LogP) is 0.349. The van der Waals surface area contributed by atoms with E-state index in [9.17, 15) is 9.59 Å². The standard InChI is InChI=1S/C14H17N3O3/c1-20-9-4-2-8(3-5-9)10-6-11(10)16-13(18)12-7-15-14(19)17-12/h2-5,10-12H,6-7H2,1H3,(H,16,18)(H2,15,17,19)/t10-,11+,12-/m0/s1. The summed E-state index contributed by atoms with van der Waals surface area (Å²) in [7, 11) is 1.64. The third kappa shape index (κ3) is 2.54. The molecule has 106 valence electrons. The molecule has 1 saturated carbocycles. The summed E-state index contributed by atoms with van der Waals surface area (Å²) in [5.74, 6) is 1.06. The summed E-state index contributed by atoms with van der Waals surface area (Å²) < 4.78 is 5.12. The van der Waals surface area contributed by atoms with E-state index in [1.165, 1.54) is 5.56 Å². The Balaban J connectivity index is 1.53. The highest BCUT2D eigenvalue weighted by Gasteiger charge is 2.41. The van der Waals surface area contributed by atoms with Crippen LogP contribution in [0.3, 0.4) is 0 Å². The number of methoxy groups -OCH3 is 1. The number of amides is 3. The van der Waals surface area contributed by atoms with Gasteiger partial charge in [0.05, 0.1) is 7.11 Å². The number of urea groups is 1. The van der Waals surface area contributed by atoms with Crippen LogP contribution in [0.4, 0.5) is 4.79 Å². The van der Waals surface area contributed by atoms with Gasteiger partial charge in [-0.05, 0) is 24.1 Å². The summed E-state index contributed by atoms with van der Waals surface area (Å²) in [4.78, 5) is 22.9. The molecule has 6 nitrogen and oxygen atoms in total. The fourth-order valence-corrected chi connectivity index (χ4v) is 2.47. The van der Waals surface area contributed by atoms with Crippen molar-refractivity contribution in [3.05, 3.63) is 29.8 Å². The normalized spacial score (nSPS) is 27.4. The van der Waals surface area contributed by atoms with Crippen LogP contribution < -0.4 is 20.7 Å². The van der Waals surface area contributed by atoms with Crippen LogP contribution in [0, 0.1) is 0 Å². The van der Waals surface area contributed by atoms with E-state index < -0.39 is 6.04 Å². The van der Waals surface area contributed by atoms with E-state index in [2.05, 4.69) is 16.0 Å². The first-order valence-electron chi connectivity index (χ1n) is 6.66. The van der Waals surface area contributed by atoms with E-state index in [0.29, 0.717) is 12.5 Å². The van der Waals surface area contributed by atoms with Crippen LogP contribution in [0.15, 0.2) is 24.3 Å². The zero-order chi connectivity index (χ0) is 14.1. The van der Waals surface area contributed by atoms with Crippen molar-refractivity contribution in [3.8, 4) is 5.75 Å². The van der Waals surface area contributed by atoms with Gasteiger partial charge in [-0.15, -0.1) is 0 Å². The zero-order valence-corrected chi connectivity index (χ0v) is 11.2. The molecule has 6 heteroatoms. The van der Waals surface area contributed by atoms with Gasteiger partial charge in [-0.25, -0.2) is 4.79 Å². The maximum Gasteiger partial charge on any atom is 0.315 e. The Morgan fingerprint density at radius 1 is 1.35 bits per heavy atom. The molecule has 1 heterocycles. The molecule has 20 heavy (non-hydrogen) atoms. The van der Waals surface area contributed by atoms with Gasteiger partial charge in [-0.2, -0.15) is 0 Å². The lowest BCUT2D eigenvalue weighted by Gasteiger charge is -2.09. The van der Waals surface area contributed by atoms with Gasteiger partial charge in [-0.3, -0.25) is 4.79 Å². The molecule has 3 amide bonds. The summed E-state index contributed by atoms with van der Waals surface area (Å²) >= 11 is 0. The maximum atomic E-state index is 11.9. The highest BCUT2D eigenvalue weighted by molar-refractivity contribution is 5.90. The van der Waals surface area contributed by atoms with Gasteiger partial charge < -0.3 is 20.7 Å². The van der Waals surface area contributed by atoms with E-state index in [-0.39, 0.29) is 18.0 Å². The molecule has 0 unspecified atom stereocenters. The lowest BCUT2D eigenvalue weighted by molar-refractivity contribution is -0.122. The molecule has 1 aliphatic carbocycles. The second-order valence-electron chi connectivity index (χ2n) is 5.14. The number of rotatable bonds is 4. The van der Waals surface area contributed by atoms with Crippen LogP contribution in [-0.4, -0.2) is 37.7 Å². The van der Waals surface area contributed by atoms with Crippen LogP contribution in [-0.2, 0) is 4.79 Å². The Morgan fingerprint density at radius 2 is 2.10 bits per heavy atom. The summed E-state index contributed by atoms with van der Waals surface area (Å²) in [5.41, 5.74) is 1.20. The SMILES string of the molecule is COc1ccc([C@@H]2C[C@H]2NC(=O)[C@@H]2CNC(=O)N2)cc1. The molecule has 0 spiro atoms. The predicted molar refractivity (Wildman–Crippen MR) is 72.6 cm³/mol. The highest BCUT2D eigenvalue weighted by atomic mass is 16.5. The smallest absolute Gasteiger partial charge is 0.315 e. The summed E-state index contributed by atoms with van der Waals surface area (Å²) in [6, 6.07) is 7.31. The van der Waals surface area contributed by atoms with Crippen molar-refractivity contribution >= 4 is 11.9 Å². The Bertz CT molecular complexity index is 529. The molecule has 0 bridgehead atoms. The first-order chi connectivity index (χ1) is 9.67. The molecule has 1 aromatic carbocycles. The quantitative estimate of drug-likeness (QED) is 0.742. The number of benzene rings is 1. The number of ether oxygens (including phenoxy) is 1. The van der Waals surface area contributed by atoms with Crippen molar-refractivity contribution in [1.29, 1.82) is 0 Å². The third-order valence-corrected chi connectivity index (χ3v) is 3.75. The van der Waals surface area contributed by atoms with Gasteiger partial charge in [0.2, 0.25) is 5.91 Å². The fraction of sp³-hybridized carbons (Fsp3) is 0.429. The Hall–Kier alpha value is -2.24. The molecular weight excluding hydrogens is 258 g/mol. The molecule has 1 aromatic rings. The first-order valence-corrected chi connectivity index (χ1v) is 6.66. The highest BCUT2D eigenvalue weighted by Crippen LogP contribution is 2.41. The molecule has 0 aromatic heterocycles. The fourth-order valence-electron chi connectivity index (χ4n) is 2.47. The molecule has 3 rings (SSSR count). The molecule has 1 aliphatic heterocycles. The average molecular weight is 275 g/mol. The van der Waals surface area contributed by atoms with Crippen LogP contribution >= 0.6 is 0 Å². The molecule has 2 aliphatic rings. The van der Waals surface area contributed by atoms with Crippen molar-refractivity contribution in [3.63, 3.8) is 0 Å². The topological polar surface area (TPSA) is 79.5 Å². The number of hydrogen-bond donors (Lipinski definition) is 3. The third-order valence-electron chi connectivity index (χ3n) is 3.75. The van der Waals surface area contributed by atoms with Gasteiger partial charge >= 0.3 is 6.03 Å². The molecule has 2 fully saturated rings. The van der Waals surface area contributed by atoms with Crippen LogP contribution in [0.5, 0.6) is 5.75 Å². The minimum atomic E-state index is -0.459.